The molecule has 1 aliphatic rings. The molecule has 1 saturated heterocycles. The molecular weight excluding hydrogens is 417 g/mol. The van der Waals surface area contributed by atoms with E-state index in [0.29, 0.717) is 19.6 Å². The van der Waals surface area contributed by atoms with E-state index in [1.807, 2.05) is 24.3 Å². The van der Waals surface area contributed by atoms with Crippen molar-refractivity contribution < 1.29 is 14.3 Å². The third kappa shape index (κ3) is 7.58. The van der Waals surface area contributed by atoms with Crippen LogP contribution in [0.5, 0.6) is 0 Å². The van der Waals surface area contributed by atoms with Crippen molar-refractivity contribution in [2.24, 2.45) is 0 Å². The van der Waals surface area contributed by atoms with Crippen LogP contribution in [0.1, 0.15) is 17.2 Å². The Morgan fingerprint density at radius 2 is 1.90 bits per heavy atom. The lowest BCUT2D eigenvalue weighted by Crippen LogP contribution is -2.50. The highest BCUT2D eigenvalue weighted by Gasteiger charge is 2.27. The van der Waals surface area contributed by atoms with Crippen molar-refractivity contribution in [1.82, 2.24) is 25.5 Å². The second-order valence-corrected chi connectivity index (χ2v) is 6.22. The minimum atomic E-state index is -0.268. The van der Waals surface area contributed by atoms with Gasteiger partial charge in [-0.3, -0.25) is 19.6 Å². The van der Waals surface area contributed by atoms with Gasteiger partial charge < -0.3 is 20.3 Å². The van der Waals surface area contributed by atoms with Crippen LogP contribution in [0.15, 0.2) is 49.1 Å². The van der Waals surface area contributed by atoms with Crippen LogP contribution in [-0.2, 0) is 20.9 Å². The predicted octanol–water partition coefficient (Wildman–Crippen LogP) is 1.13. The number of hydrogen-bond acceptors (Lipinski definition) is 6. The Balaban J connectivity index is 0.00000210. The van der Waals surface area contributed by atoms with Crippen LogP contribution in [0.3, 0.4) is 0 Å². The lowest BCUT2D eigenvalue weighted by molar-refractivity contribution is -0.141. The fourth-order valence-electron chi connectivity index (χ4n) is 2.94. The second-order valence-electron chi connectivity index (χ2n) is 6.22. The molecule has 2 amide bonds. The van der Waals surface area contributed by atoms with Gasteiger partial charge in [0.15, 0.2) is 0 Å². The number of aromatic nitrogens is 2. The molecule has 10 heteroatoms. The molecule has 0 spiro atoms. The first-order valence-corrected chi connectivity index (χ1v) is 8.87. The molecule has 2 aromatic heterocycles. The van der Waals surface area contributed by atoms with Gasteiger partial charge in [-0.25, -0.2) is 0 Å². The molecule has 0 radical (unpaired) electrons. The van der Waals surface area contributed by atoms with E-state index >= 15 is 0 Å². The molecule has 0 aromatic carbocycles. The Morgan fingerprint density at radius 1 is 1.14 bits per heavy atom. The van der Waals surface area contributed by atoms with Gasteiger partial charge in [0.05, 0.1) is 6.04 Å². The number of ether oxygens (including phenoxy) is 1. The first-order valence-electron chi connectivity index (χ1n) is 8.87. The SMILES string of the molecule is Cl.Cl.O=C(COCC(=O)N1CCNCC1c1cccnc1)NCc1cccnc1. The molecule has 3 rings (SSSR count). The van der Waals surface area contributed by atoms with Gasteiger partial charge in [0.1, 0.15) is 13.2 Å². The van der Waals surface area contributed by atoms with Crippen LogP contribution in [0.4, 0.5) is 0 Å². The smallest absolute Gasteiger partial charge is 0.249 e. The minimum Gasteiger partial charge on any atom is -0.362 e. The van der Waals surface area contributed by atoms with Crippen LogP contribution in [-0.4, -0.2) is 59.5 Å². The number of nitrogens with zero attached hydrogens (tertiary/aromatic N) is 3. The van der Waals surface area contributed by atoms with Crippen molar-refractivity contribution in [3.05, 3.63) is 60.2 Å². The molecule has 2 N–H and O–H groups in total. The highest BCUT2D eigenvalue weighted by molar-refractivity contribution is 5.85. The number of nitrogens with one attached hydrogen (secondary N) is 2. The Bertz CT molecular complexity index is 752. The number of pyridine rings is 2. The molecule has 0 aliphatic carbocycles. The molecule has 2 aromatic rings. The van der Waals surface area contributed by atoms with Crippen molar-refractivity contribution in [1.29, 1.82) is 0 Å². The Morgan fingerprint density at radius 3 is 2.59 bits per heavy atom. The third-order valence-electron chi connectivity index (χ3n) is 4.30. The molecule has 1 aliphatic heterocycles. The highest BCUT2D eigenvalue weighted by atomic mass is 35.5. The monoisotopic (exact) mass is 441 g/mol. The summed E-state index contributed by atoms with van der Waals surface area (Å²) in [6.45, 7) is 2.09. The topological polar surface area (TPSA) is 96.5 Å². The van der Waals surface area contributed by atoms with Crippen LogP contribution in [0.2, 0.25) is 0 Å². The van der Waals surface area contributed by atoms with Gasteiger partial charge in [0, 0.05) is 51.0 Å². The highest BCUT2D eigenvalue weighted by Crippen LogP contribution is 2.21. The molecule has 1 fully saturated rings. The van der Waals surface area contributed by atoms with E-state index in [0.717, 1.165) is 17.7 Å². The van der Waals surface area contributed by atoms with E-state index in [4.69, 9.17) is 4.74 Å². The van der Waals surface area contributed by atoms with Gasteiger partial charge in [-0.1, -0.05) is 12.1 Å². The third-order valence-corrected chi connectivity index (χ3v) is 4.30. The molecule has 1 unspecified atom stereocenters. The Labute approximate surface area is 182 Å². The zero-order chi connectivity index (χ0) is 18.9. The van der Waals surface area contributed by atoms with E-state index in [1.165, 1.54) is 0 Å². The summed E-state index contributed by atoms with van der Waals surface area (Å²) in [6.07, 6.45) is 6.84. The number of carbonyl (C=O) groups excluding carboxylic acids is 2. The summed E-state index contributed by atoms with van der Waals surface area (Å²) >= 11 is 0. The quantitative estimate of drug-likeness (QED) is 0.668. The summed E-state index contributed by atoms with van der Waals surface area (Å²) in [7, 11) is 0. The predicted molar refractivity (Wildman–Crippen MR) is 113 cm³/mol. The fraction of sp³-hybridized carbons (Fsp3) is 0.368. The maximum absolute atomic E-state index is 12.6. The summed E-state index contributed by atoms with van der Waals surface area (Å²) in [4.78, 5) is 34.3. The van der Waals surface area contributed by atoms with Crippen molar-refractivity contribution >= 4 is 36.6 Å². The number of carbonyl (C=O) groups is 2. The zero-order valence-corrected chi connectivity index (χ0v) is 17.5. The summed E-state index contributed by atoms with van der Waals surface area (Å²) in [5.41, 5.74) is 1.88. The first kappa shape index (κ1) is 24.8. The number of amides is 2. The maximum atomic E-state index is 12.6. The maximum Gasteiger partial charge on any atom is 0.249 e. The van der Waals surface area contributed by atoms with Crippen LogP contribution < -0.4 is 10.6 Å². The first-order chi connectivity index (χ1) is 13.2. The van der Waals surface area contributed by atoms with Crippen molar-refractivity contribution in [3.8, 4) is 0 Å². The Kier molecular flexibility index (Phi) is 11.2. The standard InChI is InChI=1S/C19H23N5O3.2ClH/c25-18(23-10-15-3-1-5-20-9-15)13-27-14-19(26)24-8-7-22-12-17(24)16-4-2-6-21-11-16;;/h1-6,9,11,17,22H,7-8,10,12-14H2,(H,23,25);2*1H. The molecular formula is C19H25Cl2N5O3. The van der Waals surface area contributed by atoms with Crippen LogP contribution >= 0.6 is 24.8 Å². The van der Waals surface area contributed by atoms with E-state index < -0.39 is 0 Å². The van der Waals surface area contributed by atoms with E-state index in [2.05, 4.69) is 20.6 Å². The lowest BCUT2D eigenvalue weighted by atomic mass is 10.1. The number of halogens is 2. The van der Waals surface area contributed by atoms with E-state index in [1.54, 1.807) is 29.7 Å². The Hall–Kier alpha value is -2.26. The molecule has 0 saturated carbocycles. The summed E-state index contributed by atoms with van der Waals surface area (Å²) in [5, 5.41) is 6.03. The van der Waals surface area contributed by atoms with Gasteiger partial charge >= 0.3 is 0 Å². The molecule has 0 bridgehead atoms. The largest absolute Gasteiger partial charge is 0.362 e. The van der Waals surface area contributed by atoms with Crippen LogP contribution in [0.25, 0.3) is 0 Å². The molecule has 8 nitrogen and oxygen atoms in total. The lowest BCUT2D eigenvalue weighted by Gasteiger charge is -2.36. The van der Waals surface area contributed by atoms with Crippen molar-refractivity contribution in [3.63, 3.8) is 0 Å². The van der Waals surface area contributed by atoms with Crippen LogP contribution in [0, 0.1) is 0 Å². The zero-order valence-electron chi connectivity index (χ0n) is 15.8. The van der Waals surface area contributed by atoms with Crippen molar-refractivity contribution in [2.45, 2.75) is 12.6 Å². The number of rotatable bonds is 7. The summed E-state index contributed by atoms with van der Waals surface area (Å²) in [6, 6.07) is 7.42. The van der Waals surface area contributed by atoms with Gasteiger partial charge in [0.2, 0.25) is 11.8 Å². The molecule has 29 heavy (non-hydrogen) atoms. The van der Waals surface area contributed by atoms with Gasteiger partial charge in [-0.15, -0.1) is 24.8 Å². The van der Waals surface area contributed by atoms with Crippen molar-refractivity contribution in [2.75, 3.05) is 32.8 Å². The minimum absolute atomic E-state index is 0. The molecule has 3 heterocycles. The second kappa shape index (κ2) is 13.1. The van der Waals surface area contributed by atoms with E-state index in [9.17, 15) is 9.59 Å². The normalized spacial score (nSPS) is 15.6. The molecule has 158 valence electrons. The average Bonchev–Trinajstić information content (AvgIpc) is 2.73. The average molecular weight is 442 g/mol. The summed E-state index contributed by atoms with van der Waals surface area (Å²) in [5.74, 6) is -0.402. The van der Waals surface area contributed by atoms with Gasteiger partial charge in [-0.05, 0) is 23.3 Å². The van der Waals surface area contributed by atoms with Gasteiger partial charge in [0.25, 0.3) is 0 Å². The van der Waals surface area contributed by atoms with E-state index in [-0.39, 0.29) is 55.9 Å². The van der Waals surface area contributed by atoms with Gasteiger partial charge in [-0.2, -0.15) is 0 Å². The fourth-order valence-corrected chi connectivity index (χ4v) is 2.94. The molecule has 1 atom stereocenters. The number of hydrogen-bond donors (Lipinski definition) is 2. The number of piperazine rings is 1. The summed E-state index contributed by atoms with van der Waals surface area (Å²) < 4.78 is 5.33.